The molecule has 7 nitrogen and oxygen atoms in total. The van der Waals surface area contributed by atoms with E-state index in [0.29, 0.717) is 23.0 Å². The average Bonchev–Trinajstić information content (AvgIpc) is 3.04. The normalized spacial score (nSPS) is 10.3. The molecule has 0 aliphatic rings. The number of benzene rings is 1. The summed E-state index contributed by atoms with van der Waals surface area (Å²) in [4.78, 5) is 12.2. The van der Waals surface area contributed by atoms with Gasteiger partial charge in [-0.05, 0) is 12.1 Å². The van der Waals surface area contributed by atoms with Crippen molar-refractivity contribution in [3.05, 3.63) is 49.3 Å². The van der Waals surface area contributed by atoms with Crippen LogP contribution in [0.3, 0.4) is 0 Å². The van der Waals surface area contributed by atoms with Gasteiger partial charge in [0.15, 0.2) is 17.3 Å². The van der Waals surface area contributed by atoms with Crippen molar-refractivity contribution in [3.8, 4) is 23.2 Å². The molecule has 0 spiro atoms. The highest BCUT2D eigenvalue weighted by molar-refractivity contribution is 5.61. The molecule has 0 unspecified atom stereocenters. The Balaban J connectivity index is 1.98. The standard InChI is InChI=1S/C14H13N5O2/c1-20-10-4-2-3-5-11(10)21-14-12(15)13(17-8-18-14)19-7-6-16-9-19/h2-9H,15H2,1H3. The Labute approximate surface area is 121 Å². The summed E-state index contributed by atoms with van der Waals surface area (Å²) in [6.45, 7) is 0. The van der Waals surface area contributed by atoms with Gasteiger partial charge in [0.1, 0.15) is 18.3 Å². The molecule has 0 aliphatic heterocycles. The first-order chi connectivity index (χ1) is 10.3. The van der Waals surface area contributed by atoms with Gasteiger partial charge in [-0.25, -0.2) is 9.97 Å². The maximum Gasteiger partial charge on any atom is 0.248 e. The summed E-state index contributed by atoms with van der Waals surface area (Å²) in [5.41, 5.74) is 6.40. The second kappa shape index (κ2) is 5.49. The van der Waals surface area contributed by atoms with E-state index in [0.717, 1.165) is 0 Å². The number of nitrogen functional groups attached to an aromatic ring is 1. The van der Waals surface area contributed by atoms with Crippen molar-refractivity contribution < 1.29 is 9.47 Å². The molecular weight excluding hydrogens is 270 g/mol. The van der Waals surface area contributed by atoms with Gasteiger partial charge in [-0.2, -0.15) is 4.98 Å². The van der Waals surface area contributed by atoms with Crippen LogP contribution in [0, 0.1) is 0 Å². The number of methoxy groups -OCH3 is 1. The van der Waals surface area contributed by atoms with E-state index < -0.39 is 0 Å². The van der Waals surface area contributed by atoms with Crippen molar-refractivity contribution in [2.24, 2.45) is 0 Å². The van der Waals surface area contributed by atoms with E-state index in [-0.39, 0.29) is 5.88 Å². The molecule has 0 bridgehead atoms. The third-order valence-corrected chi connectivity index (χ3v) is 2.85. The first-order valence-corrected chi connectivity index (χ1v) is 6.19. The lowest BCUT2D eigenvalue weighted by Crippen LogP contribution is -2.04. The summed E-state index contributed by atoms with van der Waals surface area (Å²) in [5.74, 6) is 1.90. The summed E-state index contributed by atoms with van der Waals surface area (Å²) >= 11 is 0. The molecule has 0 saturated carbocycles. The van der Waals surface area contributed by atoms with Crippen LogP contribution >= 0.6 is 0 Å². The van der Waals surface area contributed by atoms with Gasteiger partial charge in [0.2, 0.25) is 5.88 Å². The van der Waals surface area contributed by atoms with Gasteiger partial charge in [-0.15, -0.1) is 0 Å². The van der Waals surface area contributed by atoms with E-state index in [4.69, 9.17) is 15.2 Å². The Morgan fingerprint density at radius 3 is 2.67 bits per heavy atom. The van der Waals surface area contributed by atoms with Gasteiger partial charge in [-0.3, -0.25) is 4.57 Å². The summed E-state index contributed by atoms with van der Waals surface area (Å²) < 4.78 is 12.7. The monoisotopic (exact) mass is 283 g/mol. The molecule has 0 amide bonds. The fourth-order valence-electron chi connectivity index (χ4n) is 1.85. The van der Waals surface area contributed by atoms with Gasteiger partial charge in [0.25, 0.3) is 0 Å². The van der Waals surface area contributed by atoms with Crippen molar-refractivity contribution in [1.82, 2.24) is 19.5 Å². The van der Waals surface area contributed by atoms with Crippen LogP contribution in [0.1, 0.15) is 0 Å². The van der Waals surface area contributed by atoms with Crippen LogP contribution in [0.25, 0.3) is 5.82 Å². The number of ether oxygens (including phenoxy) is 2. The predicted octanol–water partition coefficient (Wildman–Crippen LogP) is 2.05. The van der Waals surface area contributed by atoms with Crippen molar-refractivity contribution >= 4 is 5.69 Å². The first kappa shape index (κ1) is 12.9. The highest BCUT2D eigenvalue weighted by Gasteiger charge is 2.13. The van der Waals surface area contributed by atoms with Gasteiger partial charge < -0.3 is 15.2 Å². The Hall–Kier alpha value is -3.09. The molecule has 3 rings (SSSR count). The lowest BCUT2D eigenvalue weighted by molar-refractivity contribution is 0.374. The summed E-state index contributed by atoms with van der Waals surface area (Å²) in [6.07, 6.45) is 6.37. The van der Waals surface area contributed by atoms with E-state index >= 15 is 0 Å². The second-order valence-electron chi connectivity index (χ2n) is 4.14. The van der Waals surface area contributed by atoms with Crippen LogP contribution in [0.4, 0.5) is 5.69 Å². The van der Waals surface area contributed by atoms with Gasteiger partial charge in [0.05, 0.1) is 7.11 Å². The molecule has 0 atom stereocenters. The number of anilines is 1. The third-order valence-electron chi connectivity index (χ3n) is 2.85. The molecule has 0 radical (unpaired) electrons. The van der Waals surface area contributed by atoms with Crippen LogP contribution in [0.2, 0.25) is 0 Å². The highest BCUT2D eigenvalue weighted by Crippen LogP contribution is 2.33. The van der Waals surface area contributed by atoms with Gasteiger partial charge >= 0.3 is 0 Å². The van der Waals surface area contributed by atoms with Crippen LogP contribution in [0.15, 0.2) is 49.3 Å². The molecule has 0 aliphatic carbocycles. The second-order valence-corrected chi connectivity index (χ2v) is 4.14. The SMILES string of the molecule is COc1ccccc1Oc1ncnc(-n2ccnc2)c1N. The summed E-state index contributed by atoms with van der Waals surface area (Å²) in [7, 11) is 1.57. The van der Waals surface area contributed by atoms with Crippen molar-refractivity contribution in [2.45, 2.75) is 0 Å². The third kappa shape index (κ3) is 2.48. The zero-order chi connectivity index (χ0) is 14.7. The Bertz CT molecular complexity index is 743. The predicted molar refractivity (Wildman–Crippen MR) is 76.6 cm³/mol. The maximum absolute atomic E-state index is 6.07. The van der Waals surface area contributed by atoms with Crippen LogP contribution in [-0.4, -0.2) is 26.6 Å². The summed E-state index contributed by atoms with van der Waals surface area (Å²) in [6, 6.07) is 7.26. The Kier molecular flexibility index (Phi) is 3.38. The average molecular weight is 283 g/mol. The van der Waals surface area contributed by atoms with Crippen LogP contribution in [-0.2, 0) is 0 Å². The molecule has 2 heterocycles. The van der Waals surface area contributed by atoms with Gasteiger partial charge in [-0.1, -0.05) is 12.1 Å². The molecule has 7 heteroatoms. The number of para-hydroxylation sites is 2. The minimum atomic E-state index is 0.262. The largest absolute Gasteiger partial charge is 0.493 e. The molecular formula is C14H13N5O2. The number of hydrogen-bond donors (Lipinski definition) is 1. The number of imidazole rings is 1. The fraction of sp³-hybridized carbons (Fsp3) is 0.0714. The van der Waals surface area contributed by atoms with E-state index in [1.807, 2.05) is 12.1 Å². The Morgan fingerprint density at radius 2 is 1.95 bits per heavy atom. The number of nitrogens with zero attached hydrogens (tertiary/aromatic N) is 4. The highest BCUT2D eigenvalue weighted by atomic mass is 16.5. The number of aromatic nitrogens is 4. The quantitative estimate of drug-likeness (QED) is 0.788. The minimum absolute atomic E-state index is 0.262. The minimum Gasteiger partial charge on any atom is -0.493 e. The van der Waals surface area contributed by atoms with Gasteiger partial charge in [0, 0.05) is 12.4 Å². The van der Waals surface area contributed by atoms with Crippen molar-refractivity contribution in [2.75, 3.05) is 12.8 Å². The fourth-order valence-corrected chi connectivity index (χ4v) is 1.85. The molecule has 2 aromatic heterocycles. The maximum atomic E-state index is 6.07. The molecule has 106 valence electrons. The van der Waals surface area contributed by atoms with E-state index in [1.165, 1.54) is 6.33 Å². The first-order valence-electron chi connectivity index (χ1n) is 6.19. The molecule has 1 aromatic carbocycles. The zero-order valence-electron chi connectivity index (χ0n) is 11.3. The lowest BCUT2D eigenvalue weighted by atomic mass is 10.3. The Morgan fingerprint density at radius 1 is 1.14 bits per heavy atom. The summed E-state index contributed by atoms with van der Waals surface area (Å²) in [5, 5.41) is 0. The molecule has 0 fully saturated rings. The molecule has 21 heavy (non-hydrogen) atoms. The van der Waals surface area contributed by atoms with Crippen molar-refractivity contribution in [3.63, 3.8) is 0 Å². The lowest BCUT2D eigenvalue weighted by Gasteiger charge is -2.12. The number of hydrogen-bond acceptors (Lipinski definition) is 6. The topological polar surface area (TPSA) is 88.1 Å². The molecule has 0 saturated heterocycles. The van der Waals surface area contributed by atoms with E-state index in [1.54, 1.807) is 42.5 Å². The number of rotatable bonds is 4. The molecule has 3 aromatic rings. The van der Waals surface area contributed by atoms with E-state index in [9.17, 15) is 0 Å². The van der Waals surface area contributed by atoms with E-state index in [2.05, 4.69) is 15.0 Å². The van der Waals surface area contributed by atoms with Crippen LogP contribution < -0.4 is 15.2 Å². The number of nitrogens with two attached hydrogens (primary N) is 1. The van der Waals surface area contributed by atoms with Crippen molar-refractivity contribution in [1.29, 1.82) is 0 Å². The molecule has 2 N–H and O–H groups in total. The van der Waals surface area contributed by atoms with Crippen LogP contribution in [0.5, 0.6) is 17.4 Å². The smallest absolute Gasteiger partial charge is 0.248 e. The zero-order valence-corrected chi connectivity index (χ0v) is 11.3.